The Labute approximate surface area is 180 Å². The monoisotopic (exact) mass is 407 g/mol. The molecule has 0 aliphatic carbocycles. The molecule has 0 aromatic heterocycles. The van der Waals surface area contributed by atoms with Crippen LogP contribution in [0.15, 0.2) is 54.6 Å². The van der Waals surface area contributed by atoms with E-state index < -0.39 is 0 Å². The lowest BCUT2D eigenvalue weighted by Crippen LogP contribution is -2.49. The van der Waals surface area contributed by atoms with Gasteiger partial charge in [0.1, 0.15) is 11.9 Å². The van der Waals surface area contributed by atoms with Crippen molar-refractivity contribution in [1.29, 1.82) is 0 Å². The van der Waals surface area contributed by atoms with E-state index in [1.165, 1.54) is 17.5 Å². The Morgan fingerprint density at radius 1 is 0.933 bits per heavy atom. The first-order valence-electron chi connectivity index (χ1n) is 11.2. The second-order valence-corrected chi connectivity index (χ2v) is 8.33. The molecule has 5 nitrogen and oxygen atoms in total. The van der Waals surface area contributed by atoms with Gasteiger partial charge in [-0.25, -0.2) is 0 Å². The summed E-state index contributed by atoms with van der Waals surface area (Å²) in [5.74, 6) is 1.23. The first kappa shape index (κ1) is 20.9. The van der Waals surface area contributed by atoms with Crippen molar-refractivity contribution in [3.05, 3.63) is 65.7 Å². The molecular weight excluding hydrogens is 374 g/mol. The lowest BCUT2D eigenvalue weighted by molar-refractivity contribution is -0.133. The molecule has 2 aliphatic rings. The zero-order valence-corrected chi connectivity index (χ0v) is 18.0. The van der Waals surface area contributed by atoms with E-state index in [-0.39, 0.29) is 12.0 Å². The Bertz CT molecular complexity index is 818. The molecule has 1 amide bonds. The van der Waals surface area contributed by atoms with Crippen molar-refractivity contribution in [2.75, 3.05) is 45.8 Å². The van der Waals surface area contributed by atoms with Crippen molar-refractivity contribution < 1.29 is 9.53 Å². The van der Waals surface area contributed by atoms with Crippen LogP contribution in [0.5, 0.6) is 5.75 Å². The van der Waals surface area contributed by atoms with Crippen LogP contribution in [0.1, 0.15) is 37.0 Å². The van der Waals surface area contributed by atoms with Gasteiger partial charge in [-0.1, -0.05) is 55.5 Å². The van der Waals surface area contributed by atoms with Gasteiger partial charge in [0.25, 0.3) is 0 Å². The van der Waals surface area contributed by atoms with Crippen molar-refractivity contribution >= 4 is 5.91 Å². The van der Waals surface area contributed by atoms with Crippen LogP contribution in [-0.2, 0) is 11.3 Å². The van der Waals surface area contributed by atoms with E-state index in [0.717, 1.165) is 58.1 Å². The van der Waals surface area contributed by atoms with Crippen molar-refractivity contribution in [1.82, 2.24) is 14.7 Å². The van der Waals surface area contributed by atoms with Crippen LogP contribution >= 0.6 is 0 Å². The van der Waals surface area contributed by atoms with Gasteiger partial charge in [0.05, 0.1) is 0 Å². The normalized spacial score (nSPS) is 20.3. The predicted octanol–water partition coefficient (Wildman–Crippen LogP) is 3.57. The van der Waals surface area contributed by atoms with Gasteiger partial charge in [0.2, 0.25) is 5.91 Å². The third-order valence-electron chi connectivity index (χ3n) is 6.14. The first-order valence-corrected chi connectivity index (χ1v) is 11.2. The van der Waals surface area contributed by atoms with Crippen molar-refractivity contribution in [2.24, 2.45) is 0 Å². The average molecular weight is 408 g/mol. The summed E-state index contributed by atoms with van der Waals surface area (Å²) in [5.41, 5.74) is 2.37. The number of carbonyl (C=O) groups is 1. The van der Waals surface area contributed by atoms with E-state index in [2.05, 4.69) is 59.2 Å². The second kappa shape index (κ2) is 10.1. The van der Waals surface area contributed by atoms with Crippen LogP contribution in [0.25, 0.3) is 0 Å². The van der Waals surface area contributed by atoms with Gasteiger partial charge in [0.15, 0.2) is 0 Å². The van der Waals surface area contributed by atoms with E-state index in [1.807, 2.05) is 17.0 Å². The number of carbonyl (C=O) groups excluding carboxylic acids is 1. The molecule has 2 aromatic carbocycles. The smallest absolute Gasteiger partial charge is 0.223 e. The molecule has 2 aromatic rings. The van der Waals surface area contributed by atoms with Crippen LogP contribution in [0.4, 0.5) is 0 Å². The topological polar surface area (TPSA) is 36.0 Å². The lowest BCUT2D eigenvalue weighted by Gasteiger charge is -2.35. The van der Waals surface area contributed by atoms with Gasteiger partial charge >= 0.3 is 0 Å². The minimum absolute atomic E-state index is 0.0254. The number of hydrogen-bond donors (Lipinski definition) is 0. The fraction of sp³-hybridized carbons (Fsp3) is 0.480. The zero-order valence-electron chi connectivity index (χ0n) is 18.0. The highest BCUT2D eigenvalue weighted by Gasteiger charge is 2.26. The number of rotatable bonds is 6. The van der Waals surface area contributed by atoms with Gasteiger partial charge in [-0.05, 0) is 24.6 Å². The van der Waals surface area contributed by atoms with E-state index in [1.54, 1.807) is 0 Å². The molecule has 0 N–H and O–H groups in total. The highest BCUT2D eigenvalue weighted by Crippen LogP contribution is 2.31. The molecule has 4 rings (SSSR count). The van der Waals surface area contributed by atoms with E-state index in [4.69, 9.17) is 4.74 Å². The van der Waals surface area contributed by atoms with Crippen LogP contribution in [0.2, 0.25) is 0 Å². The first-order chi connectivity index (χ1) is 14.7. The van der Waals surface area contributed by atoms with Gasteiger partial charge < -0.3 is 9.64 Å². The zero-order chi connectivity index (χ0) is 20.8. The second-order valence-electron chi connectivity index (χ2n) is 8.33. The quantitative estimate of drug-likeness (QED) is 0.734. The molecule has 2 aliphatic heterocycles. The summed E-state index contributed by atoms with van der Waals surface area (Å²) in [7, 11) is 0. The molecule has 1 unspecified atom stereocenters. The SMILES string of the molecule is CCCN1CCN(C(=O)CCN2Cc3ccccc3OC(c3ccccc3)C2)CC1. The van der Waals surface area contributed by atoms with Crippen LogP contribution in [0, 0.1) is 0 Å². The number of nitrogens with zero attached hydrogens (tertiary/aromatic N) is 3. The van der Waals surface area contributed by atoms with Crippen molar-refractivity contribution in [3.63, 3.8) is 0 Å². The Morgan fingerprint density at radius 2 is 1.67 bits per heavy atom. The highest BCUT2D eigenvalue weighted by molar-refractivity contribution is 5.76. The molecule has 0 bridgehead atoms. The molecule has 1 saturated heterocycles. The molecule has 1 atom stereocenters. The standard InChI is InChI=1S/C25H33N3O2/c1-2-13-26-15-17-28(18-16-26)25(29)12-14-27-19-22-10-6-7-11-23(22)30-24(20-27)21-8-4-3-5-9-21/h3-11,24H,2,12-20H2,1H3. The predicted molar refractivity (Wildman–Crippen MR) is 119 cm³/mol. The van der Waals surface area contributed by atoms with Gasteiger partial charge in [-0.2, -0.15) is 0 Å². The molecule has 5 heteroatoms. The minimum atomic E-state index is -0.0254. The summed E-state index contributed by atoms with van der Waals surface area (Å²) in [4.78, 5) is 19.7. The van der Waals surface area contributed by atoms with Crippen LogP contribution in [-0.4, -0.2) is 66.4 Å². The Kier molecular flexibility index (Phi) is 7.03. The number of piperazine rings is 1. The van der Waals surface area contributed by atoms with Crippen LogP contribution < -0.4 is 4.74 Å². The fourth-order valence-electron chi connectivity index (χ4n) is 4.44. The largest absolute Gasteiger partial charge is 0.484 e. The van der Waals surface area contributed by atoms with Crippen molar-refractivity contribution in [2.45, 2.75) is 32.4 Å². The molecule has 0 saturated carbocycles. The molecule has 1 fully saturated rings. The summed E-state index contributed by atoms with van der Waals surface area (Å²) in [6.45, 7) is 9.43. The molecule has 160 valence electrons. The van der Waals surface area contributed by atoms with Gasteiger partial charge in [0, 0.05) is 57.8 Å². The van der Waals surface area contributed by atoms with Gasteiger partial charge in [-0.15, -0.1) is 0 Å². The number of amides is 1. The Balaban J connectivity index is 1.39. The van der Waals surface area contributed by atoms with Crippen LogP contribution in [0.3, 0.4) is 0 Å². The Hall–Kier alpha value is -2.37. The molecule has 30 heavy (non-hydrogen) atoms. The maximum Gasteiger partial charge on any atom is 0.223 e. The molecular formula is C25H33N3O2. The third kappa shape index (κ3) is 5.21. The third-order valence-corrected chi connectivity index (χ3v) is 6.14. The van der Waals surface area contributed by atoms with Gasteiger partial charge in [-0.3, -0.25) is 14.6 Å². The molecule has 2 heterocycles. The average Bonchev–Trinajstić information content (AvgIpc) is 2.98. The summed E-state index contributed by atoms with van der Waals surface area (Å²) < 4.78 is 6.39. The van der Waals surface area contributed by atoms with E-state index in [9.17, 15) is 4.79 Å². The number of fused-ring (bicyclic) bond motifs is 1. The number of benzene rings is 2. The number of ether oxygens (including phenoxy) is 1. The van der Waals surface area contributed by atoms with Crippen molar-refractivity contribution in [3.8, 4) is 5.75 Å². The summed E-state index contributed by atoms with van der Waals surface area (Å²) in [6.07, 6.45) is 1.72. The maximum absolute atomic E-state index is 12.8. The van der Waals surface area contributed by atoms with E-state index >= 15 is 0 Å². The Morgan fingerprint density at radius 3 is 2.43 bits per heavy atom. The molecule has 0 radical (unpaired) electrons. The minimum Gasteiger partial charge on any atom is -0.484 e. The maximum atomic E-state index is 12.8. The summed E-state index contributed by atoms with van der Waals surface area (Å²) in [6, 6.07) is 18.7. The lowest BCUT2D eigenvalue weighted by atomic mass is 10.1. The van der Waals surface area contributed by atoms with E-state index in [0.29, 0.717) is 6.42 Å². The summed E-state index contributed by atoms with van der Waals surface area (Å²) >= 11 is 0. The number of para-hydroxylation sites is 1. The highest BCUT2D eigenvalue weighted by atomic mass is 16.5. The number of hydrogen-bond acceptors (Lipinski definition) is 4. The molecule has 0 spiro atoms. The summed E-state index contributed by atoms with van der Waals surface area (Å²) in [5, 5.41) is 0. The fourth-order valence-corrected chi connectivity index (χ4v) is 4.44.